The fraction of sp³-hybridized carbons (Fsp3) is 0.250. The molecule has 3 aromatic rings. The van der Waals surface area contributed by atoms with Crippen LogP contribution >= 0.6 is 15.9 Å². The highest BCUT2D eigenvalue weighted by atomic mass is 79.9. The highest BCUT2D eigenvalue weighted by molar-refractivity contribution is 9.10. The van der Waals surface area contributed by atoms with Crippen LogP contribution < -0.4 is 10.1 Å². The van der Waals surface area contributed by atoms with Crippen molar-refractivity contribution in [1.29, 1.82) is 0 Å². The van der Waals surface area contributed by atoms with Crippen molar-refractivity contribution >= 4 is 21.8 Å². The van der Waals surface area contributed by atoms with E-state index in [1.807, 2.05) is 62.4 Å². The van der Waals surface area contributed by atoms with Gasteiger partial charge in [-0.2, -0.15) is 0 Å². The van der Waals surface area contributed by atoms with E-state index in [0.29, 0.717) is 11.4 Å². The predicted octanol–water partition coefficient (Wildman–Crippen LogP) is 4.23. The molecule has 0 aliphatic heterocycles. The molecule has 1 N–H and O–H groups in total. The largest absolute Gasteiger partial charge is 0.497 e. The molecule has 0 radical (unpaired) electrons. The molecule has 1 unspecified atom stereocenters. The Labute approximate surface area is 166 Å². The predicted molar refractivity (Wildman–Crippen MR) is 107 cm³/mol. The number of aromatic nitrogens is 3. The number of ether oxygens (including phenoxy) is 1. The van der Waals surface area contributed by atoms with Gasteiger partial charge in [0.2, 0.25) is 0 Å². The van der Waals surface area contributed by atoms with E-state index in [0.717, 1.165) is 27.9 Å². The van der Waals surface area contributed by atoms with Gasteiger partial charge in [-0.25, -0.2) is 4.68 Å². The fourth-order valence-corrected chi connectivity index (χ4v) is 3.13. The number of hydrogen-bond donors (Lipinski definition) is 1. The zero-order valence-electron chi connectivity index (χ0n) is 15.4. The molecule has 0 aliphatic carbocycles. The van der Waals surface area contributed by atoms with Gasteiger partial charge in [0, 0.05) is 10.5 Å². The van der Waals surface area contributed by atoms with Crippen molar-refractivity contribution in [2.24, 2.45) is 0 Å². The number of carbonyl (C=O) groups is 1. The molecule has 7 heteroatoms. The summed E-state index contributed by atoms with van der Waals surface area (Å²) >= 11 is 3.43. The van der Waals surface area contributed by atoms with E-state index in [4.69, 9.17) is 4.74 Å². The zero-order chi connectivity index (χ0) is 19.4. The Kier molecular flexibility index (Phi) is 5.91. The number of benzene rings is 2. The molecule has 0 fully saturated rings. The quantitative estimate of drug-likeness (QED) is 0.637. The molecule has 140 valence electrons. The highest BCUT2D eigenvalue weighted by Gasteiger charge is 2.21. The average molecular weight is 429 g/mol. The lowest BCUT2D eigenvalue weighted by atomic mass is 10.0. The lowest BCUT2D eigenvalue weighted by molar-refractivity contribution is 0.0930. The van der Waals surface area contributed by atoms with Gasteiger partial charge >= 0.3 is 0 Å². The first-order chi connectivity index (χ1) is 13.0. The summed E-state index contributed by atoms with van der Waals surface area (Å²) in [4.78, 5) is 12.8. The van der Waals surface area contributed by atoms with Crippen molar-refractivity contribution < 1.29 is 9.53 Å². The molecule has 27 heavy (non-hydrogen) atoms. The van der Waals surface area contributed by atoms with Gasteiger partial charge in [0.05, 0.1) is 24.5 Å². The van der Waals surface area contributed by atoms with Crippen LogP contribution in [-0.2, 0) is 0 Å². The number of amides is 1. The number of hydrogen-bond acceptors (Lipinski definition) is 4. The average Bonchev–Trinajstić information content (AvgIpc) is 3.08. The molecule has 0 saturated carbocycles. The molecule has 0 aliphatic rings. The second kappa shape index (κ2) is 8.35. The number of carbonyl (C=O) groups excluding carboxylic acids is 1. The third-order valence-corrected chi connectivity index (χ3v) is 4.92. The summed E-state index contributed by atoms with van der Waals surface area (Å²) in [5.41, 5.74) is 2.82. The lowest BCUT2D eigenvalue weighted by Gasteiger charge is -2.17. The molecule has 0 bridgehead atoms. The van der Waals surface area contributed by atoms with Crippen molar-refractivity contribution in [2.75, 3.05) is 7.11 Å². The van der Waals surface area contributed by atoms with Crippen LogP contribution in [0.4, 0.5) is 0 Å². The van der Waals surface area contributed by atoms with Gasteiger partial charge in [-0.3, -0.25) is 4.79 Å². The number of nitrogens with zero attached hydrogens (tertiary/aromatic N) is 3. The van der Waals surface area contributed by atoms with Gasteiger partial charge in [0.25, 0.3) is 5.91 Å². The van der Waals surface area contributed by atoms with Gasteiger partial charge in [-0.1, -0.05) is 46.3 Å². The maximum Gasteiger partial charge on any atom is 0.274 e. The topological polar surface area (TPSA) is 69.0 Å². The molecule has 6 nitrogen and oxygen atoms in total. The second-order valence-corrected chi connectivity index (χ2v) is 7.04. The molecule has 0 spiro atoms. The Morgan fingerprint density at radius 1 is 1.26 bits per heavy atom. The zero-order valence-corrected chi connectivity index (χ0v) is 17.0. The number of rotatable bonds is 6. The van der Waals surface area contributed by atoms with Gasteiger partial charge in [-0.15, -0.1) is 5.10 Å². The Hall–Kier alpha value is -2.67. The smallest absolute Gasteiger partial charge is 0.274 e. The van der Waals surface area contributed by atoms with E-state index in [1.165, 1.54) is 0 Å². The minimum atomic E-state index is -0.239. The summed E-state index contributed by atoms with van der Waals surface area (Å²) in [5.74, 6) is 0.478. The summed E-state index contributed by atoms with van der Waals surface area (Å²) in [6, 6.07) is 15.3. The summed E-state index contributed by atoms with van der Waals surface area (Å²) in [5, 5.41) is 11.3. The van der Waals surface area contributed by atoms with Crippen molar-refractivity contribution in [2.45, 2.75) is 26.3 Å². The summed E-state index contributed by atoms with van der Waals surface area (Å²) in [6.07, 6.45) is 0.774. The molecule has 1 amide bonds. The first-order valence-electron chi connectivity index (χ1n) is 8.66. The van der Waals surface area contributed by atoms with Crippen LogP contribution in [0, 0.1) is 6.92 Å². The molecule has 2 aromatic carbocycles. The minimum Gasteiger partial charge on any atom is -0.497 e. The van der Waals surface area contributed by atoms with Crippen LogP contribution in [0.25, 0.3) is 5.69 Å². The summed E-state index contributed by atoms with van der Waals surface area (Å²) in [7, 11) is 1.61. The van der Waals surface area contributed by atoms with Crippen LogP contribution in [0.3, 0.4) is 0 Å². The van der Waals surface area contributed by atoms with E-state index < -0.39 is 0 Å². The molecule has 1 heterocycles. The monoisotopic (exact) mass is 428 g/mol. The van der Waals surface area contributed by atoms with Crippen LogP contribution in [0.15, 0.2) is 53.0 Å². The molecule has 3 rings (SSSR count). The SMILES string of the molecule is CCC(NC(=O)c1nnn(-c2cccc(OC)c2)c1C)c1ccc(Br)cc1. The molecular weight excluding hydrogens is 408 g/mol. The lowest BCUT2D eigenvalue weighted by Crippen LogP contribution is -2.29. The van der Waals surface area contributed by atoms with E-state index in [-0.39, 0.29) is 11.9 Å². The Morgan fingerprint density at radius 3 is 2.67 bits per heavy atom. The first kappa shape index (κ1) is 19.1. The first-order valence-corrected chi connectivity index (χ1v) is 9.45. The van der Waals surface area contributed by atoms with Gasteiger partial charge in [-0.05, 0) is 43.2 Å². The maximum absolute atomic E-state index is 12.8. The Balaban J connectivity index is 1.82. The van der Waals surface area contributed by atoms with Gasteiger partial charge in [0.15, 0.2) is 5.69 Å². The van der Waals surface area contributed by atoms with Crippen molar-refractivity contribution in [3.8, 4) is 11.4 Å². The van der Waals surface area contributed by atoms with Crippen LogP contribution in [0.1, 0.15) is 41.1 Å². The third-order valence-electron chi connectivity index (χ3n) is 4.39. The van der Waals surface area contributed by atoms with Gasteiger partial charge < -0.3 is 10.1 Å². The standard InChI is InChI=1S/C20H21BrN4O2/c1-4-18(14-8-10-15(21)11-9-14)22-20(26)19-13(2)25(24-23-19)16-6-5-7-17(12-16)27-3/h5-12,18H,4H2,1-3H3,(H,22,26). The number of halogens is 1. The molecular formula is C20H21BrN4O2. The molecule has 0 saturated heterocycles. The van der Waals surface area contributed by atoms with Crippen LogP contribution in [-0.4, -0.2) is 28.0 Å². The molecule has 1 aromatic heterocycles. The number of nitrogens with one attached hydrogen (secondary N) is 1. The van der Waals surface area contributed by atoms with Crippen molar-refractivity contribution in [1.82, 2.24) is 20.3 Å². The minimum absolute atomic E-state index is 0.0908. The van der Waals surface area contributed by atoms with Gasteiger partial charge in [0.1, 0.15) is 5.75 Å². The normalized spacial score (nSPS) is 11.9. The van der Waals surface area contributed by atoms with Crippen LogP contribution in [0.5, 0.6) is 5.75 Å². The summed E-state index contributed by atoms with van der Waals surface area (Å²) < 4.78 is 7.89. The Bertz CT molecular complexity index is 937. The van der Waals surface area contributed by atoms with E-state index >= 15 is 0 Å². The molecule has 1 atom stereocenters. The van der Waals surface area contributed by atoms with Crippen molar-refractivity contribution in [3.05, 3.63) is 70.0 Å². The van der Waals surface area contributed by atoms with Crippen LogP contribution in [0.2, 0.25) is 0 Å². The third kappa shape index (κ3) is 4.19. The fourth-order valence-electron chi connectivity index (χ4n) is 2.87. The van der Waals surface area contributed by atoms with Crippen molar-refractivity contribution in [3.63, 3.8) is 0 Å². The maximum atomic E-state index is 12.8. The summed E-state index contributed by atoms with van der Waals surface area (Å²) in [6.45, 7) is 3.86. The number of methoxy groups -OCH3 is 1. The van der Waals surface area contributed by atoms with E-state index in [9.17, 15) is 4.79 Å². The van der Waals surface area contributed by atoms with E-state index in [2.05, 4.69) is 31.6 Å². The second-order valence-electron chi connectivity index (χ2n) is 6.12. The highest BCUT2D eigenvalue weighted by Crippen LogP contribution is 2.21. The Morgan fingerprint density at radius 2 is 2.00 bits per heavy atom. The van der Waals surface area contributed by atoms with E-state index in [1.54, 1.807) is 11.8 Å².